The summed E-state index contributed by atoms with van der Waals surface area (Å²) in [4.78, 5) is 0. The lowest BCUT2D eigenvalue weighted by atomic mass is 9.94. The largest absolute Gasteiger partial charge is 0.389 e. The van der Waals surface area contributed by atoms with Crippen LogP contribution in [0.3, 0.4) is 0 Å². The van der Waals surface area contributed by atoms with Gasteiger partial charge in [0.05, 0.1) is 6.61 Å². The average molecular weight is 228 g/mol. The highest BCUT2D eigenvalue weighted by molar-refractivity contribution is 5.39. The van der Waals surface area contributed by atoms with Gasteiger partial charge in [0.25, 0.3) is 0 Å². The van der Waals surface area contributed by atoms with E-state index < -0.39 is 29.5 Å². The van der Waals surface area contributed by atoms with Gasteiger partial charge in [0.1, 0.15) is 17.5 Å². The zero-order chi connectivity index (χ0) is 11.8. The Balaban J connectivity index is 2.37. The van der Waals surface area contributed by atoms with Gasteiger partial charge in [-0.1, -0.05) is 6.07 Å². The molecule has 1 saturated carbocycles. The van der Waals surface area contributed by atoms with Crippen LogP contribution in [0, 0.1) is 11.6 Å². The Hall–Kier alpha value is -1.29. The third-order valence-electron chi connectivity index (χ3n) is 2.84. The average Bonchev–Trinajstić information content (AvgIpc) is 2.98. The number of aliphatic hydroxyl groups excluding tert-OH is 1. The molecule has 0 saturated heterocycles. The topological polar surface area (TPSA) is 20.2 Å². The molecule has 0 atom stereocenters. The number of halogens is 3. The van der Waals surface area contributed by atoms with Gasteiger partial charge in [0.15, 0.2) is 0 Å². The van der Waals surface area contributed by atoms with Crippen molar-refractivity contribution in [1.29, 1.82) is 0 Å². The van der Waals surface area contributed by atoms with Crippen molar-refractivity contribution in [3.63, 3.8) is 0 Å². The van der Waals surface area contributed by atoms with Gasteiger partial charge in [0, 0.05) is 11.5 Å². The van der Waals surface area contributed by atoms with Crippen molar-refractivity contribution in [3.05, 3.63) is 47.3 Å². The number of aliphatic hydroxyl groups is 1. The molecule has 4 heteroatoms. The fourth-order valence-electron chi connectivity index (χ4n) is 1.86. The maximum atomic E-state index is 13.5. The van der Waals surface area contributed by atoms with E-state index >= 15 is 0 Å². The summed E-state index contributed by atoms with van der Waals surface area (Å²) in [5.41, 5.74) is -0.401. The molecule has 1 aliphatic carbocycles. The Kier molecular flexibility index (Phi) is 2.76. The minimum absolute atomic E-state index is 0.289. The first-order chi connectivity index (χ1) is 7.57. The molecule has 0 spiro atoms. The maximum Gasteiger partial charge on any atom is 0.130 e. The Labute approximate surface area is 91.2 Å². The molecule has 0 radical (unpaired) electrons. The Bertz CT molecular complexity index is 436. The van der Waals surface area contributed by atoms with Crippen LogP contribution < -0.4 is 0 Å². The highest BCUT2D eigenvalue weighted by Gasteiger charge is 2.44. The molecular formula is C12H11F3O. The molecule has 1 aliphatic rings. The predicted octanol–water partition coefficient (Wildman–Crippen LogP) is 2.84. The monoisotopic (exact) mass is 228 g/mol. The molecule has 0 heterocycles. The molecule has 1 N–H and O–H groups in total. The minimum Gasteiger partial charge on any atom is -0.389 e. The Morgan fingerprint density at radius 1 is 1.38 bits per heavy atom. The fourth-order valence-corrected chi connectivity index (χ4v) is 1.86. The summed E-state index contributed by atoms with van der Waals surface area (Å²) < 4.78 is 39.2. The van der Waals surface area contributed by atoms with Crippen molar-refractivity contribution in [2.45, 2.75) is 18.3 Å². The highest BCUT2D eigenvalue weighted by atomic mass is 19.1. The molecule has 1 nitrogen and oxygen atoms in total. The van der Waals surface area contributed by atoms with E-state index in [1.165, 1.54) is 12.1 Å². The Morgan fingerprint density at radius 2 is 2.06 bits per heavy atom. The molecule has 16 heavy (non-hydrogen) atoms. The molecule has 0 aromatic heterocycles. The first kappa shape index (κ1) is 11.2. The molecule has 0 bridgehead atoms. The van der Waals surface area contributed by atoms with E-state index in [0.29, 0.717) is 12.8 Å². The summed E-state index contributed by atoms with van der Waals surface area (Å²) in [5, 5.41) is 8.59. The van der Waals surface area contributed by atoms with Gasteiger partial charge in [-0.3, -0.25) is 0 Å². The van der Waals surface area contributed by atoms with Gasteiger partial charge in [-0.2, -0.15) is 0 Å². The number of hydrogen-bond acceptors (Lipinski definition) is 1. The molecule has 0 unspecified atom stereocenters. The van der Waals surface area contributed by atoms with Gasteiger partial charge in [0.2, 0.25) is 0 Å². The van der Waals surface area contributed by atoms with Gasteiger partial charge in [-0.25, -0.2) is 13.2 Å². The van der Waals surface area contributed by atoms with Crippen LogP contribution in [-0.2, 0) is 5.41 Å². The first-order valence-corrected chi connectivity index (χ1v) is 5.01. The minimum atomic E-state index is -0.690. The summed E-state index contributed by atoms with van der Waals surface area (Å²) in [6, 6.07) is 3.28. The predicted molar refractivity (Wildman–Crippen MR) is 53.5 cm³/mol. The second-order valence-electron chi connectivity index (χ2n) is 4.03. The third kappa shape index (κ3) is 1.97. The van der Waals surface area contributed by atoms with Crippen molar-refractivity contribution < 1.29 is 18.3 Å². The molecule has 1 fully saturated rings. The molecule has 2 rings (SSSR count). The first-order valence-electron chi connectivity index (χ1n) is 5.01. The second kappa shape index (κ2) is 3.94. The van der Waals surface area contributed by atoms with Crippen molar-refractivity contribution in [1.82, 2.24) is 0 Å². The van der Waals surface area contributed by atoms with Crippen LogP contribution >= 0.6 is 0 Å². The van der Waals surface area contributed by atoms with E-state index in [1.54, 1.807) is 0 Å². The molecule has 86 valence electrons. The van der Waals surface area contributed by atoms with E-state index in [9.17, 15) is 13.2 Å². The van der Waals surface area contributed by atoms with E-state index in [-0.39, 0.29) is 5.56 Å². The SMILES string of the molecule is OC/C(F)=C\C1(c2ccc(F)cc2F)CC1. The standard InChI is InChI=1S/C12H11F3O/c13-8-1-2-10(11(15)5-8)12(3-4-12)6-9(14)7-16/h1-2,5-6,16H,3-4,7H2/b9-6+. The maximum absolute atomic E-state index is 13.5. The second-order valence-corrected chi connectivity index (χ2v) is 4.03. The summed E-state index contributed by atoms with van der Waals surface area (Å²) in [5.74, 6) is -2.00. The molecule has 1 aromatic carbocycles. The quantitative estimate of drug-likeness (QED) is 0.843. The highest BCUT2D eigenvalue weighted by Crippen LogP contribution is 2.51. The molecule has 0 aliphatic heterocycles. The lowest BCUT2D eigenvalue weighted by Gasteiger charge is -2.12. The fraction of sp³-hybridized carbons (Fsp3) is 0.333. The van der Waals surface area contributed by atoms with Crippen LogP contribution in [0.15, 0.2) is 30.1 Å². The van der Waals surface area contributed by atoms with Crippen LogP contribution in [0.1, 0.15) is 18.4 Å². The number of allylic oxidation sites excluding steroid dienone is 1. The summed E-state index contributed by atoms with van der Waals surface area (Å²) in [6.45, 7) is -0.690. The summed E-state index contributed by atoms with van der Waals surface area (Å²) in [7, 11) is 0. The Morgan fingerprint density at radius 3 is 2.56 bits per heavy atom. The lowest BCUT2D eigenvalue weighted by Crippen LogP contribution is -2.07. The van der Waals surface area contributed by atoms with Crippen LogP contribution in [0.2, 0.25) is 0 Å². The van der Waals surface area contributed by atoms with Crippen LogP contribution in [-0.4, -0.2) is 11.7 Å². The zero-order valence-electron chi connectivity index (χ0n) is 8.51. The number of benzene rings is 1. The van der Waals surface area contributed by atoms with Gasteiger partial charge in [-0.15, -0.1) is 0 Å². The molecule has 0 amide bonds. The van der Waals surface area contributed by atoms with Gasteiger partial charge < -0.3 is 5.11 Å². The van der Waals surface area contributed by atoms with E-state index in [1.807, 2.05) is 0 Å². The number of rotatable bonds is 3. The van der Waals surface area contributed by atoms with Crippen LogP contribution in [0.25, 0.3) is 0 Å². The normalized spacial score (nSPS) is 18.6. The van der Waals surface area contributed by atoms with Crippen LogP contribution in [0.4, 0.5) is 13.2 Å². The van der Waals surface area contributed by atoms with Crippen molar-refractivity contribution in [2.75, 3.05) is 6.61 Å². The summed E-state index contributed by atoms with van der Waals surface area (Å²) >= 11 is 0. The van der Waals surface area contributed by atoms with E-state index in [4.69, 9.17) is 5.11 Å². The summed E-state index contributed by atoms with van der Waals surface area (Å²) in [6.07, 6.45) is 2.45. The third-order valence-corrected chi connectivity index (χ3v) is 2.84. The van der Waals surface area contributed by atoms with Gasteiger partial charge in [-0.05, 0) is 30.5 Å². The van der Waals surface area contributed by atoms with E-state index in [0.717, 1.165) is 12.1 Å². The van der Waals surface area contributed by atoms with E-state index in [2.05, 4.69) is 0 Å². The van der Waals surface area contributed by atoms with Crippen LogP contribution in [0.5, 0.6) is 0 Å². The number of hydrogen-bond donors (Lipinski definition) is 1. The molecule has 1 aromatic rings. The van der Waals surface area contributed by atoms with Gasteiger partial charge >= 0.3 is 0 Å². The van der Waals surface area contributed by atoms with Crippen molar-refractivity contribution in [3.8, 4) is 0 Å². The van der Waals surface area contributed by atoms with Crippen molar-refractivity contribution >= 4 is 0 Å². The lowest BCUT2D eigenvalue weighted by molar-refractivity contribution is 0.296. The molecular weight excluding hydrogens is 217 g/mol. The van der Waals surface area contributed by atoms with Crippen molar-refractivity contribution in [2.24, 2.45) is 0 Å². The smallest absolute Gasteiger partial charge is 0.130 e. The zero-order valence-corrected chi connectivity index (χ0v) is 8.51.